The molecule has 0 spiro atoms. The third-order valence-electron chi connectivity index (χ3n) is 3.79. The summed E-state index contributed by atoms with van der Waals surface area (Å²) >= 11 is 0. The van der Waals surface area contributed by atoms with Crippen LogP contribution in [0.15, 0.2) is 29.1 Å². The number of carbonyl (C=O) groups is 1. The van der Waals surface area contributed by atoms with Gasteiger partial charge in [0, 0.05) is 32.3 Å². The van der Waals surface area contributed by atoms with Crippen LogP contribution in [0.1, 0.15) is 5.82 Å². The highest BCUT2D eigenvalue weighted by atomic mass is 16.6. The molecule has 3 rings (SSSR count). The Morgan fingerprint density at radius 2 is 2.04 bits per heavy atom. The summed E-state index contributed by atoms with van der Waals surface area (Å²) in [5.41, 5.74) is 0.0343. The van der Waals surface area contributed by atoms with Crippen molar-refractivity contribution in [2.24, 2.45) is 0 Å². The van der Waals surface area contributed by atoms with Gasteiger partial charge in [-0.25, -0.2) is 4.79 Å². The summed E-state index contributed by atoms with van der Waals surface area (Å²) < 4.78 is 7.52. The van der Waals surface area contributed by atoms with Gasteiger partial charge in [-0.2, -0.15) is 4.68 Å². The Morgan fingerprint density at radius 3 is 2.67 bits per heavy atom. The molecule has 1 aliphatic rings. The van der Waals surface area contributed by atoms with Crippen molar-refractivity contribution < 1.29 is 14.5 Å². The number of fused-ring (bicyclic) bond motifs is 1. The molecule has 126 valence electrons. The number of aromatic nitrogens is 3. The quantitative estimate of drug-likeness (QED) is 0.572. The molecule has 0 atom stereocenters. The molecular formula is C14H15N5O5. The average molecular weight is 333 g/mol. The largest absolute Gasteiger partial charge is 0.375 e. The lowest BCUT2D eigenvalue weighted by atomic mass is 10.3. The minimum atomic E-state index is -0.510. The molecule has 10 heteroatoms. The van der Waals surface area contributed by atoms with E-state index in [1.54, 1.807) is 4.90 Å². The van der Waals surface area contributed by atoms with Crippen LogP contribution in [-0.4, -0.2) is 50.3 Å². The smallest absolute Gasteiger partial charge is 0.350 e. The molecule has 1 aromatic heterocycles. The molecule has 0 saturated carbocycles. The number of nitro groups is 1. The second-order valence-electron chi connectivity index (χ2n) is 5.28. The molecule has 10 nitrogen and oxygen atoms in total. The van der Waals surface area contributed by atoms with Crippen molar-refractivity contribution in [3.05, 3.63) is 50.7 Å². The number of rotatable bonds is 4. The first-order valence-corrected chi connectivity index (χ1v) is 7.21. The standard InChI is InChI=1S/C14H15N5O5/c1-24-9-13(20)16-6-7-17-12(8-16)15-18(14(17)21)10-2-4-11(5-3-10)19(22)23/h2-5H,6-9H2,1H3. The van der Waals surface area contributed by atoms with E-state index in [0.29, 0.717) is 24.6 Å². The highest BCUT2D eigenvalue weighted by Crippen LogP contribution is 2.15. The molecule has 1 aromatic carbocycles. The van der Waals surface area contributed by atoms with Crippen LogP contribution in [-0.2, 0) is 22.6 Å². The van der Waals surface area contributed by atoms with Crippen LogP contribution in [0.3, 0.4) is 0 Å². The molecule has 0 saturated heterocycles. The van der Waals surface area contributed by atoms with Crippen LogP contribution in [0.4, 0.5) is 5.69 Å². The van der Waals surface area contributed by atoms with Gasteiger partial charge in [0.1, 0.15) is 6.61 Å². The van der Waals surface area contributed by atoms with Crippen LogP contribution >= 0.6 is 0 Å². The predicted octanol–water partition coefficient (Wildman–Crippen LogP) is -0.0692. The first-order valence-electron chi connectivity index (χ1n) is 7.21. The van der Waals surface area contributed by atoms with Crippen LogP contribution < -0.4 is 5.69 Å². The van der Waals surface area contributed by atoms with Crippen molar-refractivity contribution >= 4 is 11.6 Å². The van der Waals surface area contributed by atoms with Crippen LogP contribution in [0.25, 0.3) is 5.69 Å². The fraction of sp³-hybridized carbons (Fsp3) is 0.357. The second kappa shape index (κ2) is 6.24. The highest BCUT2D eigenvalue weighted by molar-refractivity contribution is 5.77. The maximum absolute atomic E-state index is 12.4. The molecule has 0 fully saturated rings. The number of nitro benzene ring substituents is 1. The fourth-order valence-corrected chi connectivity index (χ4v) is 2.56. The van der Waals surface area contributed by atoms with Crippen LogP contribution in [0.2, 0.25) is 0 Å². The van der Waals surface area contributed by atoms with E-state index in [4.69, 9.17) is 4.74 Å². The Morgan fingerprint density at radius 1 is 1.33 bits per heavy atom. The summed E-state index contributed by atoms with van der Waals surface area (Å²) in [6.45, 7) is 0.947. The van der Waals surface area contributed by atoms with Gasteiger partial charge in [-0.15, -0.1) is 5.10 Å². The molecule has 0 radical (unpaired) electrons. The minimum absolute atomic E-state index is 0.0205. The van der Waals surface area contributed by atoms with Crippen molar-refractivity contribution in [2.75, 3.05) is 20.3 Å². The van der Waals surface area contributed by atoms with Crippen molar-refractivity contribution in [3.8, 4) is 5.69 Å². The molecule has 1 amide bonds. The fourth-order valence-electron chi connectivity index (χ4n) is 2.56. The Labute approximate surface area is 136 Å². The van der Waals surface area contributed by atoms with E-state index in [-0.39, 0.29) is 30.4 Å². The summed E-state index contributed by atoms with van der Waals surface area (Å²) in [5.74, 6) is 0.301. The molecule has 0 bridgehead atoms. The summed E-state index contributed by atoms with van der Waals surface area (Å²) in [7, 11) is 1.45. The predicted molar refractivity (Wildman–Crippen MR) is 81.8 cm³/mol. The van der Waals surface area contributed by atoms with E-state index >= 15 is 0 Å². The lowest BCUT2D eigenvalue weighted by Gasteiger charge is -2.26. The first kappa shape index (κ1) is 15.9. The topological polar surface area (TPSA) is 112 Å². The molecule has 1 aliphatic heterocycles. The third-order valence-corrected chi connectivity index (χ3v) is 3.79. The van der Waals surface area contributed by atoms with Crippen molar-refractivity contribution in [1.29, 1.82) is 0 Å². The Kier molecular flexibility index (Phi) is 4.13. The molecule has 2 heterocycles. The summed E-state index contributed by atoms with van der Waals surface area (Å²) in [6, 6.07) is 5.56. The van der Waals surface area contributed by atoms with Crippen molar-refractivity contribution in [1.82, 2.24) is 19.2 Å². The number of hydrogen-bond donors (Lipinski definition) is 0. The van der Waals surface area contributed by atoms with Crippen molar-refractivity contribution in [2.45, 2.75) is 13.1 Å². The van der Waals surface area contributed by atoms with E-state index in [2.05, 4.69) is 5.10 Å². The van der Waals surface area contributed by atoms with E-state index in [1.165, 1.54) is 40.6 Å². The van der Waals surface area contributed by atoms with E-state index in [0.717, 1.165) is 0 Å². The zero-order valence-electron chi connectivity index (χ0n) is 12.9. The summed E-state index contributed by atoms with van der Waals surface area (Å²) in [4.78, 5) is 36.1. The molecular weight excluding hydrogens is 318 g/mol. The maximum Gasteiger partial charge on any atom is 0.350 e. The average Bonchev–Trinajstić information content (AvgIpc) is 2.91. The Bertz CT molecular complexity index is 838. The van der Waals surface area contributed by atoms with Gasteiger partial charge in [0.15, 0.2) is 5.82 Å². The highest BCUT2D eigenvalue weighted by Gasteiger charge is 2.25. The molecule has 24 heavy (non-hydrogen) atoms. The van der Waals surface area contributed by atoms with Gasteiger partial charge in [0.05, 0.1) is 17.2 Å². The first-order chi connectivity index (χ1) is 11.5. The van der Waals surface area contributed by atoms with Gasteiger partial charge in [-0.1, -0.05) is 0 Å². The normalized spacial score (nSPS) is 13.6. The summed E-state index contributed by atoms with van der Waals surface area (Å²) in [6.07, 6.45) is 0. The van der Waals surface area contributed by atoms with Crippen molar-refractivity contribution in [3.63, 3.8) is 0 Å². The van der Waals surface area contributed by atoms with Crippen LogP contribution in [0.5, 0.6) is 0 Å². The Balaban J connectivity index is 1.89. The van der Waals surface area contributed by atoms with Gasteiger partial charge < -0.3 is 9.64 Å². The van der Waals surface area contributed by atoms with E-state index < -0.39 is 4.92 Å². The number of hydrogen-bond acceptors (Lipinski definition) is 6. The van der Waals surface area contributed by atoms with Gasteiger partial charge in [-0.05, 0) is 12.1 Å². The number of methoxy groups -OCH3 is 1. The molecule has 2 aromatic rings. The monoisotopic (exact) mass is 333 g/mol. The van der Waals surface area contributed by atoms with Gasteiger partial charge in [0.25, 0.3) is 5.69 Å². The zero-order valence-corrected chi connectivity index (χ0v) is 12.9. The number of ether oxygens (including phenoxy) is 1. The molecule has 0 aliphatic carbocycles. The molecule has 0 unspecified atom stereocenters. The van der Waals surface area contributed by atoms with Gasteiger partial charge in [0.2, 0.25) is 5.91 Å². The number of nitrogens with zero attached hydrogens (tertiary/aromatic N) is 5. The van der Waals surface area contributed by atoms with E-state index in [9.17, 15) is 19.7 Å². The van der Waals surface area contributed by atoms with Gasteiger partial charge in [-0.3, -0.25) is 19.5 Å². The maximum atomic E-state index is 12.4. The number of carbonyl (C=O) groups excluding carboxylic acids is 1. The second-order valence-corrected chi connectivity index (χ2v) is 5.28. The lowest BCUT2D eigenvalue weighted by molar-refractivity contribution is -0.384. The summed E-state index contributed by atoms with van der Waals surface area (Å²) in [5, 5.41) is 14.9. The molecule has 0 N–H and O–H groups in total. The number of benzene rings is 1. The minimum Gasteiger partial charge on any atom is -0.375 e. The third kappa shape index (κ3) is 2.78. The Hall–Kier alpha value is -3.01. The SMILES string of the molecule is COCC(=O)N1CCn2c(nn(-c3ccc([N+](=O)[O-])cc3)c2=O)C1. The van der Waals surface area contributed by atoms with E-state index in [1.807, 2.05) is 0 Å². The van der Waals surface area contributed by atoms with Gasteiger partial charge >= 0.3 is 5.69 Å². The number of amides is 1. The zero-order chi connectivity index (χ0) is 17.3. The lowest BCUT2D eigenvalue weighted by Crippen LogP contribution is -2.42. The van der Waals surface area contributed by atoms with Crippen LogP contribution in [0, 0.1) is 10.1 Å². The number of non-ortho nitro benzene ring substituents is 1.